The van der Waals surface area contributed by atoms with Crippen LogP contribution in [0, 0.1) is 11.6 Å². The largest absolute Gasteiger partial charge is 0.455 e. The summed E-state index contributed by atoms with van der Waals surface area (Å²) in [6.45, 7) is -1.56. The van der Waals surface area contributed by atoms with Crippen LogP contribution < -0.4 is 10.5 Å². The molecule has 7 nitrogen and oxygen atoms in total. The Morgan fingerprint density at radius 2 is 1.95 bits per heavy atom. The topological polar surface area (TPSA) is 116 Å². The van der Waals surface area contributed by atoms with Gasteiger partial charge < -0.3 is 10.5 Å². The van der Waals surface area contributed by atoms with Crippen LogP contribution in [-0.2, 0) is 24.3 Å². The molecule has 0 aliphatic heterocycles. The summed E-state index contributed by atoms with van der Waals surface area (Å²) in [5.74, 6) is -4.31. The Morgan fingerprint density at radius 3 is 2.48 bits per heavy atom. The van der Waals surface area contributed by atoms with Crippen LogP contribution in [0.15, 0.2) is 21.5 Å². The minimum absolute atomic E-state index is 0.349. The second-order valence-corrected chi connectivity index (χ2v) is 6.21. The number of esters is 1. The van der Waals surface area contributed by atoms with Crippen molar-refractivity contribution in [3.05, 3.63) is 28.2 Å². The van der Waals surface area contributed by atoms with Crippen LogP contribution in [0.1, 0.15) is 0 Å². The smallest absolute Gasteiger partial charge is 0.321 e. The number of amides is 1. The van der Waals surface area contributed by atoms with Gasteiger partial charge in [-0.05, 0) is 22.0 Å². The Bertz CT molecular complexity index is 657. The van der Waals surface area contributed by atoms with E-state index in [1.165, 1.54) is 0 Å². The number of halogens is 3. The monoisotopic (exact) mass is 386 g/mol. The molecule has 1 rings (SSSR count). The summed E-state index contributed by atoms with van der Waals surface area (Å²) in [5, 5.41) is 0. The number of carbonyl (C=O) groups excluding carboxylic acids is 2. The predicted octanol–water partition coefficient (Wildman–Crippen LogP) is 0.0341. The van der Waals surface area contributed by atoms with E-state index in [1.807, 2.05) is 0 Å². The molecule has 0 saturated heterocycles. The second-order valence-electron chi connectivity index (χ2n) is 3.65. The van der Waals surface area contributed by atoms with Crippen molar-refractivity contribution in [2.45, 2.75) is 4.90 Å². The maximum atomic E-state index is 13.5. The predicted molar refractivity (Wildman–Crippen MR) is 69.4 cm³/mol. The van der Waals surface area contributed by atoms with Crippen molar-refractivity contribution in [1.29, 1.82) is 0 Å². The van der Waals surface area contributed by atoms with Crippen LogP contribution in [0.4, 0.5) is 8.78 Å². The highest BCUT2D eigenvalue weighted by Crippen LogP contribution is 2.25. The standard InChI is InChI=1S/C10H9BrF2N2O5S/c11-6-1-5(12)2-7(13)10(6)21(18,19)15-3-9(17)20-4-8(14)16/h1-2,15H,3-4H2,(H2,14,16). The molecule has 0 atom stereocenters. The number of rotatable bonds is 6. The molecule has 3 N–H and O–H groups in total. The van der Waals surface area contributed by atoms with Crippen molar-refractivity contribution in [1.82, 2.24) is 4.72 Å². The zero-order valence-corrected chi connectivity index (χ0v) is 12.6. The average molecular weight is 387 g/mol. The molecule has 1 amide bonds. The second kappa shape index (κ2) is 6.91. The van der Waals surface area contributed by atoms with E-state index < -0.39 is 51.6 Å². The molecular weight excluding hydrogens is 378 g/mol. The van der Waals surface area contributed by atoms with Crippen molar-refractivity contribution in [3.8, 4) is 0 Å². The van der Waals surface area contributed by atoms with E-state index in [0.717, 1.165) is 6.07 Å². The number of sulfonamides is 1. The zero-order valence-electron chi connectivity index (χ0n) is 10.2. The number of hydrogen-bond acceptors (Lipinski definition) is 5. The SMILES string of the molecule is NC(=O)COC(=O)CNS(=O)(=O)c1c(F)cc(F)cc1Br. The Kier molecular flexibility index (Phi) is 5.75. The molecule has 0 heterocycles. The van der Waals surface area contributed by atoms with E-state index in [9.17, 15) is 26.8 Å². The highest BCUT2D eigenvalue weighted by molar-refractivity contribution is 9.10. The molecule has 0 unspecified atom stereocenters. The summed E-state index contributed by atoms with van der Waals surface area (Å²) in [6, 6.07) is 1.13. The van der Waals surface area contributed by atoms with Crippen molar-refractivity contribution < 1.29 is 31.5 Å². The van der Waals surface area contributed by atoms with Gasteiger partial charge in [0.2, 0.25) is 10.0 Å². The minimum Gasteiger partial charge on any atom is -0.455 e. The van der Waals surface area contributed by atoms with E-state index in [4.69, 9.17) is 5.73 Å². The third-order valence-corrected chi connectivity index (χ3v) is 4.38. The van der Waals surface area contributed by atoms with Gasteiger partial charge in [0.25, 0.3) is 5.91 Å². The Hall–Kier alpha value is -1.59. The molecule has 0 fully saturated rings. The third kappa shape index (κ3) is 5.02. The summed E-state index contributed by atoms with van der Waals surface area (Å²) in [6.07, 6.45) is 0. The minimum atomic E-state index is -4.43. The molecule has 0 radical (unpaired) electrons. The van der Waals surface area contributed by atoms with Gasteiger partial charge in [-0.1, -0.05) is 0 Å². The normalized spacial score (nSPS) is 11.2. The summed E-state index contributed by atoms with van der Waals surface area (Å²) in [7, 11) is -4.43. The number of ether oxygens (including phenoxy) is 1. The lowest BCUT2D eigenvalue weighted by Gasteiger charge is -2.09. The average Bonchev–Trinajstić information content (AvgIpc) is 2.32. The fourth-order valence-electron chi connectivity index (χ4n) is 1.21. The maximum absolute atomic E-state index is 13.5. The summed E-state index contributed by atoms with van der Waals surface area (Å²) < 4.78 is 55.8. The molecule has 1 aromatic rings. The van der Waals surface area contributed by atoms with E-state index in [1.54, 1.807) is 4.72 Å². The molecule has 11 heteroatoms. The molecule has 0 spiro atoms. The van der Waals surface area contributed by atoms with Crippen LogP contribution >= 0.6 is 15.9 Å². The number of hydrogen-bond donors (Lipinski definition) is 2. The van der Waals surface area contributed by atoms with E-state index in [-0.39, 0.29) is 4.47 Å². The molecule has 1 aromatic carbocycles. The first kappa shape index (κ1) is 17.5. The van der Waals surface area contributed by atoms with Gasteiger partial charge in [0.05, 0.1) is 0 Å². The third-order valence-electron chi connectivity index (χ3n) is 2.01. The summed E-state index contributed by atoms with van der Waals surface area (Å²) >= 11 is 2.71. The van der Waals surface area contributed by atoms with Gasteiger partial charge in [-0.3, -0.25) is 9.59 Å². The first-order valence-electron chi connectivity index (χ1n) is 5.21. The van der Waals surface area contributed by atoms with E-state index in [2.05, 4.69) is 20.7 Å². The van der Waals surface area contributed by atoms with Crippen molar-refractivity contribution in [3.63, 3.8) is 0 Å². The highest BCUT2D eigenvalue weighted by atomic mass is 79.9. The lowest BCUT2D eigenvalue weighted by atomic mass is 10.3. The van der Waals surface area contributed by atoms with Gasteiger partial charge in [0.1, 0.15) is 23.1 Å². The van der Waals surface area contributed by atoms with Crippen molar-refractivity contribution >= 4 is 37.8 Å². The van der Waals surface area contributed by atoms with Crippen LogP contribution in [0.2, 0.25) is 0 Å². The number of nitrogens with one attached hydrogen (secondary N) is 1. The van der Waals surface area contributed by atoms with Gasteiger partial charge in [0.15, 0.2) is 6.61 Å². The van der Waals surface area contributed by atoms with Crippen LogP contribution in [0.3, 0.4) is 0 Å². The van der Waals surface area contributed by atoms with Crippen LogP contribution in [0.5, 0.6) is 0 Å². The fraction of sp³-hybridized carbons (Fsp3) is 0.200. The number of benzene rings is 1. The Balaban J connectivity index is 2.84. The van der Waals surface area contributed by atoms with Gasteiger partial charge in [0, 0.05) is 10.5 Å². The zero-order chi connectivity index (χ0) is 16.2. The van der Waals surface area contributed by atoms with Gasteiger partial charge in [-0.25, -0.2) is 17.2 Å². The van der Waals surface area contributed by atoms with Crippen LogP contribution in [-0.4, -0.2) is 33.4 Å². The van der Waals surface area contributed by atoms with Gasteiger partial charge in [-0.15, -0.1) is 0 Å². The lowest BCUT2D eigenvalue weighted by Crippen LogP contribution is -2.33. The van der Waals surface area contributed by atoms with Gasteiger partial charge in [-0.2, -0.15) is 4.72 Å². The molecule has 0 aromatic heterocycles. The van der Waals surface area contributed by atoms with Crippen molar-refractivity contribution in [2.75, 3.05) is 13.2 Å². The number of nitrogens with two attached hydrogens (primary N) is 1. The number of primary amides is 1. The molecule has 0 aliphatic carbocycles. The quantitative estimate of drug-likeness (QED) is 0.669. The highest BCUT2D eigenvalue weighted by Gasteiger charge is 2.24. The maximum Gasteiger partial charge on any atom is 0.321 e. The van der Waals surface area contributed by atoms with Crippen molar-refractivity contribution in [2.24, 2.45) is 5.73 Å². The van der Waals surface area contributed by atoms with Crippen LogP contribution in [0.25, 0.3) is 0 Å². The van der Waals surface area contributed by atoms with E-state index in [0.29, 0.717) is 6.07 Å². The van der Waals surface area contributed by atoms with Gasteiger partial charge >= 0.3 is 5.97 Å². The molecule has 21 heavy (non-hydrogen) atoms. The molecule has 0 bridgehead atoms. The van der Waals surface area contributed by atoms with E-state index >= 15 is 0 Å². The fourth-order valence-corrected chi connectivity index (χ4v) is 3.35. The molecular formula is C10H9BrF2N2O5S. The summed E-state index contributed by atoms with van der Waals surface area (Å²) in [5.41, 5.74) is 4.72. The molecule has 0 aliphatic rings. The molecule has 0 saturated carbocycles. The Morgan fingerprint density at radius 1 is 1.33 bits per heavy atom. The summed E-state index contributed by atoms with van der Waals surface area (Å²) in [4.78, 5) is 20.6. The first-order valence-corrected chi connectivity index (χ1v) is 7.49. The first-order chi connectivity index (χ1) is 9.63. The lowest BCUT2D eigenvalue weighted by molar-refractivity contribution is -0.146. The molecule has 116 valence electrons. The Labute approximate surface area is 126 Å². The number of carbonyl (C=O) groups is 2.